The molecule has 0 aromatic carbocycles. The lowest BCUT2D eigenvalue weighted by atomic mass is 9.46. The van der Waals surface area contributed by atoms with Crippen LogP contribution in [0.25, 0.3) is 0 Å². The Labute approximate surface area is 64.2 Å². The van der Waals surface area contributed by atoms with Crippen LogP contribution in [0.3, 0.4) is 0 Å². The first-order valence-corrected chi connectivity index (χ1v) is 3.69. The first-order chi connectivity index (χ1) is 5.24. The van der Waals surface area contributed by atoms with Crippen molar-refractivity contribution in [2.45, 2.75) is 19.8 Å². The predicted octanol–water partition coefficient (Wildman–Crippen LogP) is 1.08. The topological polar surface area (TPSA) is 65.2 Å². The molecule has 0 aromatic heterocycles. The standard InChI is InChI=1S/C7H10N2O2/c1-7-3-2-4(7)5(8-10)6(7)9-11/h4,10-11H,2-3H2,1H3. The fourth-order valence-electron chi connectivity index (χ4n) is 2.11. The summed E-state index contributed by atoms with van der Waals surface area (Å²) in [6.07, 6.45) is 2.09. The van der Waals surface area contributed by atoms with E-state index in [9.17, 15) is 0 Å². The van der Waals surface area contributed by atoms with Crippen molar-refractivity contribution in [2.24, 2.45) is 21.6 Å². The van der Waals surface area contributed by atoms with Crippen molar-refractivity contribution in [3.63, 3.8) is 0 Å². The molecule has 0 aliphatic heterocycles. The quantitative estimate of drug-likeness (QED) is 0.405. The molecule has 0 radical (unpaired) electrons. The van der Waals surface area contributed by atoms with Crippen molar-refractivity contribution in [1.29, 1.82) is 0 Å². The van der Waals surface area contributed by atoms with Gasteiger partial charge in [0.1, 0.15) is 11.4 Å². The number of oxime groups is 2. The zero-order valence-electron chi connectivity index (χ0n) is 6.28. The molecule has 4 nitrogen and oxygen atoms in total. The molecule has 2 atom stereocenters. The van der Waals surface area contributed by atoms with Crippen LogP contribution in [0.1, 0.15) is 19.8 Å². The molecule has 0 spiro atoms. The van der Waals surface area contributed by atoms with E-state index in [0.717, 1.165) is 12.8 Å². The van der Waals surface area contributed by atoms with Crippen LogP contribution in [-0.2, 0) is 0 Å². The molecule has 0 saturated heterocycles. The SMILES string of the molecule is CC12CCC1C(=NO)C2=NO. The minimum atomic E-state index is 0.0102. The molecule has 2 saturated carbocycles. The van der Waals surface area contributed by atoms with Crippen molar-refractivity contribution >= 4 is 11.4 Å². The molecule has 2 aliphatic rings. The van der Waals surface area contributed by atoms with E-state index in [4.69, 9.17) is 10.4 Å². The predicted molar refractivity (Wildman–Crippen MR) is 39.3 cm³/mol. The third-order valence-corrected chi connectivity index (χ3v) is 3.04. The molecule has 2 rings (SSSR count). The smallest absolute Gasteiger partial charge is 0.111 e. The molecule has 2 N–H and O–H groups in total. The Bertz CT molecular complexity index is 259. The second kappa shape index (κ2) is 1.75. The molecule has 2 fully saturated rings. The van der Waals surface area contributed by atoms with Gasteiger partial charge >= 0.3 is 0 Å². The van der Waals surface area contributed by atoms with Crippen LogP contribution in [0.2, 0.25) is 0 Å². The largest absolute Gasteiger partial charge is 0.411 e. The van der Waals surface area contributed by atoms with Gasteiger partial charge in [-0.3, -0.25) is 0 Å². The van der Waals surface area contributed by atoms with Gasteiger partial charge in [-0.05, 0) is 12.8 Å². The second-order valence-corrected chi connectivity index (χ2v) is 3.44. The molecule has 2 aliphatic carbocycles. The molecule has 2 unspecified atom stereocenters. The average Bonchev–Trinajstić information content (AvgIpc) is 2.01. The number of rotatable bonds is 0. The molecule has 11 heavy (non-hydrogen) atoms. The first-order valence-electron chi connectivity index (χ1n) is 3.69. The normalized spacial score (nSPS) is 48.3. The highest BCUT2D eigenvalue weighted by atomic mass is 16.4. The summed E-state index contributed by atoms with van der Waals surface area (Å²) in [6.45, 7) is 2.03. The van der Waals surface area contributed by atoms with E-state index in [1.165, 1.54) is 0 Å². The van der Waals surface area contributed by atoms with Gasteiger partial charge in [0.15, 0.2) is 0 Å². The third kappa shape index (κ3) is 0.514. The van der Waals surface area contributed by atoms with E-state index < -0.39 is 0 Å². The summed E-state index contributed by atoms with van der Waals surface area (Å²) in [4.78, 5) is 0. The molecule has 0 aromatic rings. The summed E-state index contributed by atoms with van der Waals surface area (Å²) in [6, 6.07) is 0. The number of hydrogen-bond donors (Lipinski definition) is 2. The van der Waals surface area contributed by atoms with Crippen LogP contribution >= 0.6 is 0 Å². The second-order valence-electron chi connectivity index (χ2n) is 3.44. The summed E-state index contributed by atoms with van der Waals surface area (Å²) in [5.41, 5.74) is 1.15. The van der Waals surface area contributed by atoms with Crippen molar-refractivity contribution in [3.05, 3.63) is 0 Å². The van der Waals surface area contributed by atoms with Gasteiger partial charge in [0.25, 0.3) is 0 Å². The maximum atomic E-state index is 8.57. The Morgan fingerprint density at radius 3 is 2.45 bits per heavy atom. The van der Waals surface area contributed by atoms with Crippen LogP contribution in [0.15, 0.2) is 10.3 Å². The molecule has 4 heteroatoms. The van der Waals surface area contributed by atoms with E-state index >= 15 is 0 Å². The van der Waals surface area contributed by atoms with Crippen LogP contribution in [0, 0.1) is 11.3 Å². The summed E-state index contributed by atoms with van der Waals surface area (Å²) < 4.78 is 0. The Kier molecular flexibility index (Phi) is 1.06. The van der Waals surface area contributed by atoms with Crippen molar-refractivity contribution in [3.8, 4) is 0 Å². The Morgan fingerprint density at radius 1 is 1.45 bits per heavy atom. The molecule has 0 bridgehead atoms. The van der Waals surface area contributed by atoms with E-state index in [1.54, 1.807) is 0 Å². The highest BCUT2D eigenvalue weighted by molar-refractivity contribution is 6.52. The molecular formula is C7H10N2O2. The zero-order chi connectivity index (χ0) is 8.06. The van der Waals surface area contributed by atoms with Gasteiger partial charge < -0.3 is 10.4 Å². The van der Waals surface area contributed by atoms with Gasteiger partial charge in [-0.15, -0.1) is 0 Å². The first kappa shape index (κ1) is 6.64. The highest BCUT2D eigenvalue weighted by Crippen LogP contribution is 2.56. The summed E-state index contributed by atoms with van der Waals surface area (Å²) in [5.74, 6) is 0.332. The lowest BCUT2D eigenvalue weighted by molar-refractivity contribution is 0.153. The van der Waals surface area contributed by atoms with Gasteiger partial charge in [-0.1, -0.05) is 17.2 Å². The molecule has 0 heterocycles. The van der Waals surface area contributed by atoms with E-state index in [2.05, 4.69) is 10.3 Å². The van der Waals surface area contributed by atoms with Gasteiger partial charge in [0.2, 0.25) is 0 Å². The number of nitrogens with zero attached hydrogens (tertiary/aromatic N) is 2. The fraction of sp³-hybridized carbons (Fsp3) is 0.714. The lowest BCUT2D eigenvalue weighted by Crippen LogP contribution is -2.63. The number of hydrogen-bond acceptors (Lipinski definition) is 4. The number of fused-ring (bicyclic) bond motifs is 1. The van der Waals surface area contributed by atoms with E-state index in [0.29, 0.717) is 17.3 Å². The zero-order valence-corrected chi connectivity index (χ0v) is 6.28. The maximum absolute atomic E-state index is 8.57. The van der Waals surface area contributed by atoms with Crippen LogP contribution in [-0.4, -0.2) is 21.8 Å². The van der Waals surface area contributed by atoms with Crippen molar-refractivity contribution in [1.82, 2.24) is 0 Å². The van der Waals surface area contributed by atoms with E-state index in [-0.39, 0.29) is 5.41 Å². The van der Waals surface area contributed by atoms with Crippen LogP contribution in [0.5, 0.6) is 0 Å². The molecule has 60 valence electrons. The minimum Gasteiger partial charge on any atom is -0.411 e. The average molecular weight is 154 g/mol. The lowest BCUT2D eigenvalue weighted by Gasteiger charge is -2.56. The van der Waals surface area contributed by atoms with Crippen LogP contribution in [0.4, 0.5) is 0 Å². The summed E-state index contributed by atoms with van der Waals surface area (Å²) in [7, 11) is 0. The highest BCUT2D eigenvalue weighted by Gasteiger charge is 2.61. The van der Waals surface area contributed by atoms with Crippen molar-refractivity contribution < 1.29 is 10.4 Å². The van der Waals surface area contributed by atoms with Crippen molar-refractivity contribution in [2.75, 3.05) is 0 Å². The minimum absolute atomic E-state index is 0.0102. The van der Waals surface area contributed by atoms with Gasteiger partial charge in [0.05, 0.1) is 0 Å². The fourth-order valence-corrected chi connectivity index (χ4v) is 2.11. The molecular weight excluding hydrogens is 144 g/mol. The summed E-state index contributed by atoms with van der Waals surface area (Å²) in [5, 5.41) is 23.3. The van der Waals surface area contributed by atoms with Crippen LogP contribution < -0.4 is 0 Å². The van der Waals surface area contributed by atoms with Gasteiger partial charge in [-0.2, -0.15) is 0 Å². The summed E-state index contributed by atoms with van der Waals surface area (Å²) >= 11 is 0. The monoisotopic (exact) mass is 154 g/mol. The molecule has 0 amide bonds. The van der Waals surface area contributed by atoms with Gasteiger partial charge in [0, 0.05) is 11.3 Å². The van der Waals surface area contributed by atoms with E-state index in [1.807, 2.05) is 6.92 Å². The third-order valence-electron chi connectivity index (χ3n) is 3.04. The van der Waals surface area contributed by atoms with Gasteiger partial charge in [-0.25, -0.2) is 0 Å². The maximum Gasteiger partial charge on any atom is 0.111 e. The Morgan fingerprint density at radius 2 is 2.18 bits per heavy atom. The Balaban J connectivity index is 2.33. The Hall–Kier alpha value is -1.06.